The van der Waals surface area contributed by atoms with Crippen molar-refractivity contribution in [1.82, 2.24) is 29.7 Å². The summed E-state index contributed by atoms with van der Waals surface area (Å²) in [7, 11) is 1.81. The van der Waals surface area contributed by atoms with Crippen LogP contribution in [0, 0.1) is 12.7 Å². The van der Waals surface area contributed by atoms with Crippen LogP contribution in [0.1, 0.15) is 54.3 Å². The fourth-order valence-electron chi connectivity index (χ4n) is 4.58. The van der Waals surface area contributed by atoms with Gasteiger partial charge in [0, 0.05) is 29.8 Å². The molecule has 0 unspecified atom stereocenters. The summed E-state index contributed by atoms with van der Waals surface area (Å²) in [4.78, 5) is 28.4. The average molecular weight is 392 g/mol. The zero-order chi connectivity index (χ0) is 20.1. The topological polar surface area (TPSA) is 89.4 Å². The molecule has 4 heterocycles. The highest BCUT2D eigenvalue weighted by molar-refractivity contribution is 5.79. The summed E-state index contributed by atoms with van der Waals surface area (Å²) >= 11 is 0. The summed E-state index contributed by atoms with van der Waals surface area (Å²) < 4.78 is 16.3. The Kier molecular flexibility index (Phi) is 4.15. The van der Waals surface area contributed by atoms with Crippen LogP contribution in [0.25, 0.3) is 22.2 Å². The number of hydrogen-bond donors (Lipinski definition) is 1. The highest BCUT2D eigenvalue weighted by Gasteiger charge is 2.29. The molecule has 7 nitrogen and oxygen atoms in total. The Morgan fingerprint density at radius 3 is 2.66 bits per heavy atom. The number of nitrogens with zero attached hydrogens (tertiary/aromatic N) is 5. The highest BCUT2D eigenvalue weighted by atomic mass is 19.1. The molecule has 1 N–H and O–H groups in total. The van der Waals surface area contributed by atoms with Gasteiger partial charge >= 0.3 is 0 Å². The normalized spacial score (nSPS) is 19.8. The van der Waals surface area contributed by atoms with Gasteiger partial charge < -0.3 is 4.98 Å². The summed E-state index contributed by atoms with van der Waals surface area (Å²) in [6.07, 6.45) is 7.96. The Morgan fingerprint density at radius 1 is 1.10 bits per heavy atom. The van der Waals surface area contributed by atoms with Crippen molar-refractivity contribution in [1.29, 1.82) is 0 Å². The zero-order valence-electron chi connectivity index (χ0n) is 16.3. The van der Waals surface area contributed by atoms with Crippen LogP contribution in [0.5, 0.6) is 0 Å². The molecule has 4 aromatic heterocycles. The molecule has 1 saturated carbocycles. The van der Waals surface area contributed by atoms with Gasteiger partial charge in [-0.15, -0.1) is 0 Å². The summed E-state index contributed by atoms with van der Waals surface area (Å²) in [5.41, 5.74) is 4.03. The largest absolute Gasteiger partial charge is 0.305 e. The number of fused-ring (bicyclic) bond motifs is 2. The molecule has 1 aliphatic carbocycles. The molecule has 8 heteroatoms. The van der Waals surface area contributed by atoms with Crippen LogP contribution in [0.4, 0.5) is 4.39 Å². The molecule has 0 atom stereocenters. The van der Waals surface area contributed by atoms with E-state index in [-0.39, 0.29) is 23.2 Å². The maximum atomic E-state index is 14.6. The first-order chi connectivity index (χ1) is 14.0. The number of nitrogens with one attached hydrogen (secondary N) is 1. The standard InChI is InChI=1S/C21H21FN6O/c1-11-8-23-17-7-14(21(29)27-19(17)26-11)12-3-5-13(6-4-12)18-15-9-25-28(2)20(15)24-10-16(18)22/h7-10,12-13H,3-6H2,1-2H3,(H,26,27,29). The van der Waals surface area contributed by atoms with Gasteiger partial charge in [0.15, 0.2) is 11.3 Å². The fourth-order valence-corrected chi connectivity index (χ4v) is 4.58. The van der Waals surface area contributed by atoms with Gasteiger partial charge in [-0.25, -0.2) is 14.4 Å². The smallest absolute Gasteiger partial charge is 0.253 e. The van der Waals surface area contributed by atoms with E-state index in [1.54, 1.807) is 17.1 Å². The lowest BCUT2D eigenvalue weighted by atomic mass is 9.76. The molecular formula is C21H21FN6O. The zero-order valence-corrected chi connectivity index (χ0v) is 16.3. The summed E-state index contributed by atoms with van der Waals surface area (Å²) in [5, 5.41) is 5.01. The number of hydrogen-bond acceptors (Lipinski definition) is 5. The molecule has 4 aromatic rings. The van der Waals surface area contributed by atoms with Gasteiger partial charge in [0.2, 0.25) is 0 Å². The minimum Gasteiger partial charge on any atom is -0.305 e. The lowest BCUT2D eigenvalue weighted by molar-refractivity contribution is 0.387. The lowest BCUT2D eigenvalue weighted by Crippen LogP contribution is -2.21. The third-order valence-corrected chi connectivity index (χ3v) is 6.04. The second kappa shape index (κ2) is 6.72. The van der Waals surface area contributed by atoms with Crippen LogP contribution in [-0.4, -0.2) is 29.7 Å². The number of aromatic amines is 1. The van der Waals surface area contributed by atoms with Gasteiger partial charge in [-0.2, -0.15) is 5.10 Å². The number of aryl methyl sites for hydroxylation is 2. The third-order valence-electron chi connectivity index (χ3n) is 6.04. The van der Waals surface area contributed by atoms with Gasteiger partial charge in [0.05, 0.1) is 18.1 Å². The van der Waals surface area contributed by atoms with Crippen molar-refractivity contribution in [2.24, 2.45) is 7.05 Å². The molecule has 0 aromatic carbocycles. The van der Waals surface area contributed by atoms with Gasteiger partial charge in [0.25, 0.3) is 5.56 Å². The quantitative estimate of drug-likeness (QED) is 0.564. The van der Waals surface area contributed by atoms with Crippen LogP contribution >= 0.6 is 0 Å². The Labute approximate surface area is 166 Å². The van der Waals surface area contributed by atoms with Crippen molar-refractivity contribution in [2.75, 3.05) is 0 Å². The lowest BCUT2D eigenvalue weighted by Gasteiger charge is -2.29. The minimum atomic E-state index is -0.275. The van der Waals surface area contributed by atoms with Gasteiger partial charge in [-0.3, -0.25) is 14.5 Å². The van der Waals surface area contributed by atoms with E-state index in [0.717, 1.165) is 42.3 Å². The Hall–Kier alpha value is -3.16. The van der Waals surface area contributed by atoms with Crippen molar-refractivity contribution in [3.63, 3.8) is 0 Å². The van der Waals surface area contributed by atoms with Crippen molar-refractivity contribution in [3.05, 3.63) is 57.6 Å². The van der Waals surface area contributed by atoms with Crippen molar-refractivity contribution in [3.8, 4) is 0 Å². The van der Waals surface area contributed by atoms with E-state index in [1.165, 1.54) is 6.20 Å². The number of aromatic nitrogens is 6. The summed E-state index contributed by atoms with van der Waals surface area (Å²) in [6.45, 7) is 1.84. The van der Waals surface area contributed by atoms with Gasteiger partial charge in [-0.1, -0.05) is 0 Å². The van der Waals surface area contributed by atoms with Crippen LogP contribution in [0.3, 0.4) is 0 Å². The van der Waals surface area contributed by atoms with Crippen molar-refractivity contribution < 1.29 is 4.39 Å². The van der Waals surface area contributed by atoms with Crippen molar-refractivity contribution in [2.45, 2.75) is 44.4 Å². The SMILES string of the molecule is Cc1cnc2cc(C3CCC(c4c(F)cnc5c4cnn5C)CC3)c(=O)[nH]c2n1. The average Bonchev–Trinajstić information content (AvgIpc) is 3.08. The third kappa shape index (κ3) is 2.99. The van der Waals surface area contributed by atoms with E-state index < -0.39 is 0 Å². The molecule has 0 radical (unpaired) electrons. The molecule has 0 aliphatic heterocycles. The molecule has 5 rings (SSSR count). The first kappa shape index (κ1) is 17.9. The maximum absolute atomic E-state index is 14.6. The first-order valence-electron chi connectivity index (χ1n) is 9.84. The highest BCUT2D eigenvalue weighted by Crippen LogP contribution is 2.42. The van der Waals surface area contributed by atoms with E-state index in [4.69, 9.17) is 0 Å². The molecule has 1 aliphatic rings. The molecule has 29 heavy (non-hydrogen) atoms. The van der Waals surface area contributed by atoms with E-state index in [0.29, 0.717) is 22.4 Å². The van der Waals surface area contributed by atoms with E-state index in [1.807, 2.05) is 20.0 Å². The van der Waals surface area contributed by atoms with Crippen molar-refractivity contribution >= 4 is 22.2 Å². The predicted octanol–water partition coefficient (Wildman–Crippen LogP) is 3.49. The molecular weight excluding hydrogens is 371 g/mol. The number of halogens is 1. The van der Waals surface area contributed by atoms with Crippen LogP contribution in [0.15, 0.2) is 29.5 Å². The van der Waals surface area contributed by atoms with E-state index >= 15 is 0 Å². The van der Waals surface area contributed by atoms with E-state index in [9.17, 15) is 9.18 Å². The molecule has 0 amide bonds. The molecule has 1 fully saturated rings. The second-order valence-electron chi connectivity index (χ2n) is 7.87. The monoisotopic (exact) mass is 392 g/mol. The maximum Gasteiger partial charge on any atom is 0.253 e. The first-order valence-corrected chi connectivity index (χ1v) is 9.84. The number of H-pyrrole nitrogens is 1. The second-order valence-corrected chi connectivity index (χ2v) is 7.87. The number of rotatable bonds is 2. The Bertz CT molecular complexity index is 1290. The Morgan fingerprint density at radius 2 is 1.86 bits per heavy atom. The molecule has 0 saturated heterocycles. The van der Waals surface area contributed by atoms with Crippen LogP contribution < -0.4 is 5.56 Å². The summed E-state index contributed by atoms with van der Waals surface area (Å²) in [5.74, 6) is -0.0390. The Balaban J connectivity index is 1.43. The van der Waals surface area contributed by atoms with Crippen LogP contribution in [0.2, 0.25) is 0 Å². The van der Waals surface area contributed by atoms with E-state index in [2.05, 4.69) is 25.0 Å². The molecule has 0 bridgehead atoms. The molecule has 148 valence electrons. The fraction of sp³-hybridized carbons (Fsp3) is 0.381. The van der Waals surface area contributed by atoms with Gasteiger partial charge in [-0.05, 0) is 50.5 Å². The number of pyridine rings is 2. The minimum absolute atomic E-state index is 0.0999. The summed E-state index contributed by atoms with van der Waals surface area (Å²) in [6, 6.07) is 1.86. The molecule has 0 spiro atoms. The predicted molar refractivity (Wildman–Crippen MR) is 107 cm³/mol. The van der Waals surface area contributed by atoms with Gasteiger partial charge in [0.1, 0.15) is 11.3 Å². The van der Waals surface area contributed by atoms with Crippen LogP contribution in [-0.2, 0) is 7.05 Å².